The number of aliphatic hydroxyl groups excluding tert-OH is 3. The zero-order chi connectivity index (χ0) is 38.9. The summed E-state index contributed by atoms with van der Waals surface area (Å²) in [5.74, 6) is -4.42. The van der Waals surface area contributed by atoms with Crippen molar-refractivity contribution in [2.24, 2.45) is 5.92 Å². The number of carbonyl (C=O) groups excluding carboxylic acids is 1. The van der Waals surface area contributed by atoms with Gasteiger partial charge in [-0.1, -0.05) is 41.9 Å². The monoisotopic (exact) mass is 802 g/mol. The third-order valence-corrected chi connectivity index (χ3v) is 11.3. The van der Waals surface area contributed by atoms with Gasteiger partial charge >= 0.3 is 5.69 Å². The molecule has 0 amide bonds. The van der Waals surface area contributed by atoms with Crippen LogP contribution in [-0.4, -0.2) is 111 Å². The predicted molar refractivity (Wildman–Crippen MR) is 187 cm³/mol. The Morgan fingerprint density at radius 2 is 1.55 bits per heavy atom. The van der Waals surface area contributed by atoms with Crippen molar-refractivity contribution in [1.82, 2.24) is 9.13 Å². The fourth-order valence-electron chi connectivity index (χ4n) is 7.04. The average Bonchev–Trinajstić information content (AvgIpc) is 3.62. The highest BCUT2D eigenvalue weighted by atomic mass is 35.5. The van der Waals surface area contributed by atoms with E-state index in [1.807, 2.05) is 0 Å². The summed E-state index contributed by atoms with van der Waals surface area (Å²) in [6.07, 6.45) is -6.99. The van der Waals surface area contributed by atoms with Crippen molar-refractivity contribution < 1.29 is 60.3 Å². The lowest BCUT2D eigenvalue weighted by molar-refractivity contribution is -0.217. The van der Waals surface area contributed by atoms with Gasteiger partial charge < -0.3 is 29.5 Å². The molecule has 2 aliphatic heterocycles. The second kappa shape index (κ2) is 15.8. The molecule has 290 valence electrons. The summed E-state index contributed by atoms with van der Waals surface area (Å²) in [5.41, 5.74) is -6.30. The first-order valence-electron chi connectivity index (χ1n) is 16.3. The lowest BCUT2D eigenvalue weighted by Gasteiger charge is -2.39. The number of aliphatic hydroxyl groups is 3. The summed E-state index contributed by atoms with van der Waals surface area (Å²) in [7, 11) is -9.53. The minimum atomic E-state index is -4.77. The Kier molecular flexibility index (Phi) is 12.2. The third kappa shape index (κ3) is 8.65. The topological polar surface area (TPSA) is 258 Å². The Morgan fingerprint density at radius 1 is 0.943 bits per heavy atom. The van der Waals surface area contributed by atoms with Gasteiger partial charge in [0, 0.05) is 34.7 Å². The van der Waals surface area contributed by atoms with Crippen molar-refractivity contribution in [3.8, 4) is 0 Å². The van der Waals surface area contributed by atoms with E-state index in [0.717, 1.165) is 10.8 Å². The van der Waals surface area contributed by atoms with Crippen LogP contribution in [0.5, 0.6) is 0 Å². The van der Waals surface area contributed by atoms with Crippen LogP contribution in [0.15, 0.2) is 70.4 Å². The smallest absolute Gasteiger partial charge is 0.340 e. The van der Waals surface area contributed by atoms with Gasteiger partial charge in [-0.05, 0) is 49.6 Å². The summed E-state index contributed by atoms with van der Waals surface area (Å²) < 4.78 is 88.3. The Morgan fingerprint density at radius 3 is 2.08 bits per heavy atom. The van der Waals surface area contributed by atoms with Crippen molar-refractivity contribution >= 4 is 37.7 Å². The molecule has 17 nitrogen and oxygen atoms in total. The van der Waals surface area contributed by atoms with Crippen LogP contribution in [0.4, 0.5) is 0 Å². The molecule has 2 aliphatic rings. The quantitative estimate of drug-likeness (QED) is 0.138. The largest absolute Gasteiger partial charge is 0.396 e. The number of aryl methyl sites for hydroxylation is 1. The first-order chi connectivity index (χ1) is 24.8. The Balaban J connectivity index is 1.74. The minimum Gasteiger partial charge on any atom is -0.396 e. The van der Waals surface area contributed by atoms with Gasteiger partial charge in [0.2, 0.25) is 0 Å². The zero-order valence-electron chi connectivity index (χ0n) is 28.2. The molecule has 0 saturated carbocycles. The van der Waals surface area contributed by atoms with E-state index >= 15 is 0 Å². The molecule has 0 spiro atoms. The summed E-state index contributed by atoms with van der Waals surface area (Å²) >= 11 is 6.02. The van der Waals surface area contributed by atoms with Gasteiger partial charge in [0.25, 0.3) is 31.7 Å². The molecule has 20 heteroatoms. The van der Waals surface area contributed by atoms with Gasteiger partial charge in [-0.3, -0.25) is 23.3 Å². The number of aromatic nitrogens is 2. The average molecular weight is 803 g/mol. The fourth-order valence-corrected chi connectivity index (χ4v) is 8.37. The second-order valence-electron chi connectivity index (χ2n) is 13.1. The molecule has 6 atom stereocenters. The third-order valence-electron chi connectivity index (χ3n) is 9.58. The maximum absolute atomic E-state index is 14.4. The van der Waals surface area contributed by atoms with Crippen molar-refractivity contribution in [3.05, 3.63) is 103 Å². The number of ether oxygens (including phenoxy) is 3. The molecule has 0 bridgehead atoms. The van der Waals surface area contributed by atoms with Crippen molar-refractivity contribution in [2.45, 2.75) is 68.5 Å². The van der Waals surface area contributed by atoms with E-state index in [4.69, 9.17) is 25.8 Å². The van der Waals surface area contributed by atoms with E-state index in [-0.39, 0.29) is 17.7 Å². The van der Waals surface area contributed by atoms with E-state index in [0.29, 0.717) is 15.2 Å². The molecule has 2 aromatic carbocycles. The zero-order valence-corrected chi connectivity index (χ0v) is 30.6. The first-order valence-corrected chi connectivity index (χ1v) is 19.9. The second-order valence-corrected chi connectivity index (χ2v) is 16.7. The maximum atomic E-state index is 14.4. The van der Waals surface area contributed by atoms with E-state index in [1.54, 1.807) is 30.3 Å². The lowest BCUT2D eigenvalue weighted by Crippen LogP contribution is -2.57. The van der Waals surface area contributed by atoms with Crippen molar-refractivity contribution in [1.29, 1.82) is 0 Å². The Labute approximate surface area is 308 Å². The number of hydrogen-bond donors (Lipinski definition) is 5. The van der Waals surface area contributed by atoms with Crippen LogP contribution in [0, 0.1) is 12.8 Å². The van der Waals surface area contributed by atoms with E-state index in [2.05, 4.69) is 0 Å². The van der Waals surface area contributed by atoms with Gasteiger partial charge in [0.1, 0.15) is 12.2 Å². The maximum Gasteiger partial charge on any atom is 0.340 e. The number of benzene rings is 2. The molecule has 2 saturated heterocycles. The number of halogens is 1. The molecule has 1 unspecified atom stereocenters. The molecular formula is C33H39ClN2O15S2. The highest BCUT2D eigenvalue weighted by Gasteiger charge is 2.65. The van der Waals surface area contributed by atoms with Crippen LogP contribution in [0.3, 0.4) is 0 Å². The number of nitrogens with zero attached hydrogens (tertiary/aromatic N) is 2. The molecule has 0 radical (unpaired) electrons. The van der Waals surface area contributed by atoms with E-state index < -0.39 is 123 Å². The van der Waals surface area contributed by atoms with Crippen LogP contribution >= 0.6 is 11.6 Å². The molecule has 0 aliphatic carbocycles. The standard InChI is InChI=1S/C33H39ClN2O15S2/c1-20-16-35(31(42)36(29(20)40)30(41)22-5-3-2-4-6-22)33(15-25(39)26(18-38)50-33)28-24(17-37)27(49-19-21-7-9-23(34)10-8-21)32(51-28,11-13-52(43,44)45)12-14-53(46,47)48/h2-10,16,24-28,37-39H,11-15,17-19H2,1H3,(H,43,44,45)(H,46,47,48)/t24-,25+,26-,27+,28?,33+/m1/s1. The summed E-state index contributed by atoms with van der Waals surface area (Å²) in [6, 6.07) is 13.7. The van der Waals surface area contributed by atoms with Crippen LogP contribution < -0.4 is 11.2 Å². The Hall–Kier alpha value is -3.34. The summed E-state index contributed by atoms with van der Waals surface area (Å²) in [5, 5.41) is 32.7. The van der Waals surface area contributed by atoms with Gasteiger partial charge in [-0.2, -0.15) is 21.4 Å². The summed E-state index contributed by atoms with van der Waals surface area (Å²) in [6.45, 7) is -0.617. The number of hydrogen-bond acceptors (Lipinski definition) is 13. The van der Waals surface area contributed by atoms with Crippen molar-refractivity contribution in [3.63, 3.8) is 0 Å². The van der Waals surface area contributed by atoms with Crippen LogP contribution in [0.2, 0.25) is 5.02 Å². The fraction of sp³-hybridized carbons (Fsp3) is 0.485. The van der Waals surface area contributed by atoms with Crippen molar-refractivity contribution in [2.75, 3.05) is 24.7 Å². The van der Waals surface area contributed by atoms with Gasteiger partial charge in [-0.15, -0.1) is 0 Å². The Bertz CT molecular complexity index is 2110. The van der Waals surface area contributed by atoms with E-state index in [1.165, 1.54) is 31.2 Å². The molecule has 1 aromatic heterocycles. The molecule has 2 fully saturated rings. The van der Waals surface area contributed by atoms with Gasteiger partial charge in [0.05, 0.1) is 49.1 Å². The van der Waals surface area contributed by atoms with Gasteiger partial charge in [-0.25, -0.2) is 4.79 Å². The SMILES string of the molecule is Cc1cn([C@@]2(C3OC(CCS(=O)(=O)O)(CCS(=O)(=O)O)[C@@H](OCc4ccc(Cl)cc4)[C@H]3CO)C[C@H](O)[C@@H](CO)O2)c(=O)n(C(=O)c2ccccc2)c1=O. The summed E-state index contributed by atoms with van der Waals surface area (Å²) in [4.78, 5) is 41.4. The number of carbonyl (C=O) groups is 1. The van der Waals surface area contributed by atoms with Crippen LogP contribution in [0.25, 0.3) is 0 Å². The molecule has 5 N–H and O–H groups in total. The number of rotatable bonds is 14. The molecule has 3 aromatic rings. The highest BCUT2D eigenvalue weighted by Crippen LogP contribution is 2.52. The van der Waals surface area contributed by atoms with Crippen LogP contribution in [-0.2, 0) is 46.8 Å². The molecule has 5 rings (SSSR count). The molecule has 53 heavy (non-hydrogen) atoms. The van der Waals surface area contributed by atoms with E-state index in [9.17, 15) is 55.6 Å². The van der Waals surface area contributed by atoms with Gasteiger partial charge in [0.15, 0.2) is 5.72 Å². The normalized spacial score (nSPS) is 25.8. The highest BCUT2D eigenvalue weighted by molar-refractivity contribution is 7.86. The minimum absolute atomic E-state index is 0.0334. The first kappa shape index (κ1) is 40.8. The molecular weight excluding hydrogens is 764 g/mol. The molecule has 3 heterocycles. The lowest BCUT2D eigenvalue weighted by atomic mass is 9.81. The predicted octanol–water partition coefficient (Wildman–Crippen LogP) is 0.343. The van der Waals surface area contributed by atoms with Crippen LogP contribution in [0.1, 0.15) is 40.7 Å².